The molecule has 2 aromatic heterocycles. The van der Waals surface area contributed by atoms with Gasteiger partial charge in [-0.25, -0.2) is 9.67 Å². The number of hydrogen-bond acceptors (Lipinski definition) is 6. The maximum atomic E-state index is 13.7. The van der Waals surface area contributed by atoms with Gasteiger partial charge in [0.15, 0.2) is 16.6 Å². The highest BCUT2D eigenvalue weighted by Gasteiger charge is 2.40. The van der Waals surface area contributed by atoms with Crippen molar-refractivity contribution in [2.45, 2.75) is 30.0 Å². The molecule has 0 unspecified atom stereocenters. The van der Waals surface area contributed by atoms with Crippen LogP contribution in [0, 0.1) is 0 Å². The highest BCUT2D eigenvalue weighted by atomic mass is 32.2. The Hall–Kier alpha value is -2.62. The van der Waals surface area contributed by atoms with Crippen molar-refractivity contribution < 1.29 is 22.5 Å². The van der Waals surface area contributed by atoms with Gasteiger partial charge in [-0.1, -0.05) is 5.16 Å². The van der Waals surface area contributed by atoms with Gasteiger partial charge in [0.25, 0.3) is 0 Å². The number of halogens is 3. The van der Waals surface area contributed by atoms with E-state index in [0.717, 1.165) is 25.0 Å². The monoisotopic (exact) mass is 394 g/mol. The number of hydrogen-bond donors (Lipinski definition) is 0. The van der Waals surface area contributed by atoms with Crippen LogP contribution in [0.5, 0.6) is 0 Å². The zero-order valence-corrected chi connectivity index (χ0v) is 14.8. The molecular formula is C17H13F3N4O2S. The lowest BCUT2D eigenvalue weighted by atomic mass is 9.97. The summed E-state index contributed by atoms with van der Waals surface area (Å²) in [6, 6.07) is 3.46. The van der Waals surface area contributed by atoms with Gasteiger partial charge in [0.2, 0.25) is 0 Å². The summed E-state index contributed by atoms with van der Waals surface area (Å²) >= 11 is 1.17. The summed E-state index contributed by atoms with van der Waals surface area (Å²) in [5, 5.41) is 7.99. The molecular weight excluding hydrogens is 381 g/mol. The highest BCUT2D eigenvalue weighted by molar-refractivity contribution is 7.98. The summed E-state index contributed by atoms with van der Waals surface area (Å²) in [5.41, 5.74) is -1.18. The first-order valence-corrected chi connectivity index (χ1v) is 9.27. The van der Waals surface area contributed by atoms with Crippen LogP contribution < -0.4 is 0 Å². The van der Waals surface area contributed by atoms with Crippen molar-refractivity contribution >= 4 is 17.5 Å². The minimum atomic E-state index is -4.71. The lowest BCUT2D eigenvalue weighted by Crippen LogP contribution is -2.16. The fraction of sp³-hybridized carbons (Fsp3) is 0.294. The van der Waals surface area contributed by atoms with Crippen LogP contribution >= 0.6 is 11.8 Å². The van der Waals surface area contributed by atoms with Gasteiger partial charge in [0.05, 0.1) is 16.8 Å². The van der Waals surface area contributed by atoms with E-state index in [1.54, 1.807) is 6.26 Å². The summed E-state index contributed by atoms with van der Waals surface area (Å²) in [6.45, 7) is 0. The van der Waals surface area contributed by atoms with Crippen LogP contribution in [0.25, 0.3) is 5.69 Å². The summed E-state index contributed by atoms with van der Waals surface area (Å²) in [6.07, 6.45) is 1.16. The molecule has 0 radical (unpaired) electrons. The minimum absolute atomic E-state index is 0.0427. The Kier molecular flexibility index (Phi) is 4.29. The van der Waals surface area contributed by atoms with E-state index in [0.29, 0.717) is 10.8 Å². The maximum absolute atomic E-state index is 13.7. The summed E-state index contributed by atoms with van der Waals surface area (Å²) in [4.78, 5) is 16.8. The lowest BCUT2D eigenvalue weighted by Gasteiger charge is -2.14. The zero-order valence-electron chi connectivity index (χ0n) is 14.0. The molecule has 0 N–H and O–H groups in total. The molecule has 27 heavy (non-hydrogen) atoms. The maximum Gasteiger partial charge on any atom is 0.417 e. The second-order valence-corrected chi connectivity index (χ2v) is 6.90. The molecule has 10 heteroatoms. The Labute approximate surface area is 155 Å². The molecule has 0 atom stereocenters. The number of carbonyl (C=O) groups excluding carboxylic acids is 1. The fourth-order valence-electron chi connectivity index (χ4n) is 2.84. The standard InChI is InChI=1S/C17H13F3N4O2S/c1-27-16-13(15(26-23-16)9-2-3-9)14(25)11-5-4-10(24-8-21-7-22-24)6-12(11)17(18,19)20/h4-9H,2-3H2,1H3. The molecule has 6 nitrogen and oxygen atoms in total. The van der Waals surface area contributed by atoms with Crippen molar-refractivity contribution in [2.24, 2.45) is 0 Å². The van der Waals surface area contributed by atoms with Gasteiger partial charge >= 0.3 is 6.18 Å². The first-order valence-electron chi connectivity index (χ1n) is 8.04. The van der Waals surface area contributed by atoms with E-state index in [1.165, 1.54) is 35.2 Å². The molecule has 0 spiro atoms. The molecule has 3 aromatic rings. The lowest BCUT2D eigenvalue weighted by molar-refractivity contribution is -0.137. The third kappa shape index (κ3) is 3.25. The minimum Gasteiger partial charge on any atom is -0.359 e. The molecule has 1 aliphatic rings. The molecule has 2 heterocycles. The predicted molar refractivity (Wildman–Crippen MR) is 90.1 cm³/mol. The third-order valence-corrected chi connectivity index (χ3v) is 4.96. The summed E-state index contributed by atoms with van der Waals surface area (Å²) in [5.74, 6) is -0.320. The van der Waals surface area contributed by atoms with Crippen molar-refractivity contribution in [2.75, 3.05) is 6.26 Å². The average molecular weight is 394 g/mol. The molecule has 1 aromatic carbocycles. The van der Waals surface area contributed by atoms with E-state index in [1.807, 2.05) is 0 Å². The smallest absolute Gasteiger partial charge is 0.359 e. The molecule has 0 saturated heterocycles. The Morgan fingerprint density at radius 1 is 1.33 bits per heavy atom. The van der Waals surface area contributed by atoms with Crippen LogP contribution in [0.3, 0.4) is 0 Å². The third-order valence-electron chi connectivity index (χ3n) is 4.29. The van der Waals surface area contributed by atoms with Gasteiger partial charge in [-0.3, -0.25) is 4.79 Å². The van der Waals surface area contributed by atoms with Gasteiger partial charge in [0.1, 0.15) is 12.7 Å². The summed E-state index contributed by atoms with van der Waals surface area (Å²) < 4.78 is 47.5. The molecule has 4 rings (SSSR count). The van der Waals surface area contributed by atoms with Crippen molar-refractivity contribution in [1.82, 2.24) is 19.9 Å². The number of aromatic nitrogens is 4. The van der Waals surface area contributed by atoms with Crippen molar-refractivity contribution in [3.05, 3.63) is 53.3 Å². The predicted octanol–water partition coefficient (Wildman–Crippen LogP) is 4.10. The number of ketones is 1. The van der Waals surface area contributed by atoms with Gasteiger partial charge in [-0.2, -0.15) is 18.3 Å². The molecule has 0 aliphatic heterocycles. The topological polar surface area (TPSA) is 73.8 Å². The first-order chi connectivity index (χ1) is 12.9. The number of benzene rings is 1. The summed E-state index contributed by atoms with van der Waals surface area (Å²) in [7, 11) is 0. The fourth-order valence-corrected chi connectivity index (χ4v) is 3.35. The average Bonchev–Trinajstić information content (AvgIpc) is 3.18. The molecule has 0 bridgehead atoms. The molecule has 1 aliphatic carbocycles. The van der Waals surface area contributed by atoms with Crippen LogP contribution in [0.1, 0.15) is 46.0 Å². The Bertz CT molecular complexity index is 994. The van der Waals surface area contributed by atoms with E-state index in [9.17, 15) is 18.0 Å². The normalized spacial score (nSPS) is 14.5. The number of alkyl halides is 3. The van der Waals surface area contributed by atoms with Crippen LogP contribution in [0.4, 0.5) is 13.2 Å². The zero-order chi connectivity index (χ0) is 19.2. The Morgan fingerprint density at radius 2 is 2.11 bits per heavy atom. The Morgan fingerprint density at radius 3 is 2.70 bits per heavy atom. The van der Waals surface area contributed by atoms with Gasteiger partial charge < -0.3 is 4.52 Å². The highest BCUT2D eigenvalue weighted by Crippen LogP contribution is 2.45. The van der Waals surface area contributed by atoms with Gasteiger partial charge in [-0.05, 0) is 37.3 Å². The van der Waals surface area contributed by atoms with E-state index in [-0.39, 0.29) is 17.2 Å². The van der Waals surface area contributed by atoms with E-state index < -0.39 is 23.1 Å². The number of thioether (sulfide) groups is 1. The molecule has 1 fully saturated rings. The van der Waals surface area contributed by atoms with E-state index in [4.69, 9.17) is 4.52 Å². The van der Waals surface area contributed by atoms with Crippen molar-refractivity contribution in [1.29, 1.82) is 0 Å². The Balaban J connectivity index is 1.84. The van der Waals surface area contributed by atoms with Crippen LogP contribution in [-0.2, 0) is 6.18 Å². The molecule has 0 amide bonds. The largest absolute Gasteiger partial charge is 0.417 e. The van der Waals surface area contributed by atoms with Crippen LogP contribution in [-0.4, -0.2) is 32.0 Å². The number of carbonyl (C=O) groups is 1. The second kappa shape index (κ2) is 6.52. The van der Waals surface area contributed by atoms with Crippen LogP contribution in [0.15, 0.2) is 40.4 Å². The first kappa shape index (κ1) is 17.8. The number of nitrogens with zero attached hydrogens (tertiary/aromatic N) is 4. The van der Waals surface area contributed by atoms with E-state index >= 15 is 0 Å². The second-order valence-electron chi connectivity index (χ2n) is 6.10. The SMILES string of the molecule is CSc1noc(C2CC2)c1C(=O)c1ccc(-n2cncn2)cc1C(F)(F)F. The van der Waals surface area contributed by atoms with Crippen molar-refractivity contribution in [3.63, 3.8) is 0 Å². The number of rotatable bonds is 5. The van der Waals surface area contributed by atoms with Gasteiger partial charge in [-0.15, -0.1) is 11.8 Å². The van der Waals surface area contributed by atoms with Crippen molar-refractivity contribution in [3.8, 4) is 5.69 Å². The van der Waals surface area contributed by atoms with E-state index in [2.05, 4.69) is 15.2 Å². The molecule has 1 saturated carbocycles. The molecule has 140 valence electrons. The quantitative estimate of drug-likeness (QED) is 0.479. The van der Waals surface area contributed by atoms with Gasteiger partial charge in [0, 0.05) is 11.5 Å². The van der Waals surface area contributed by atoms with Crippen LogP contribution in [0.2, 0.25) is 0 Å².